The first-order valence-corrected chi connectivity index (χ1v) is 8.35. The van der Waals surface area contributed by atoms with Crippen LogP contribution in [0.25, 0.3) is 0 Å². The summed E-state index contributed by atoms with van der Waals surface area (Å²) in [6, 6.07) is 0.737. The number of thioether (sulfide) groups is 1. The molecule has 1 saturated heterocycles. The van der Waals surface area contributed by atoms with Gasteiger partial charge in [0.05, 0.1) is 0 Å². The van der Waals surface area contributed by atoms with Crippen LogP contribution in [0.15, 0.2) is 0 Å². The maximum Gasteiger partial charge on any atom is 0.0180 e. The van der Waals surface area contributed by atoms with Crippen LogP contribution in [0, 0.1) is 11.3 Å². The summed E-state index contributed by atoms with van der Waals surface area (Å²) in [5, 5.41) is 3.56. The van der Waals surface area contributed by atoms with E-state index in [1.165, 1.54) is 38.2 Å². The molecule has 0 saturated carbocycles. The van der Waals surface area contributed by atoms with Crippen LogP contribution >= 0.6 is 11.8 Å². The summed E-state index contributed by atoms with van der Waals surface area (Å²) in [6.45, 7) is 10.7. The third-order valence-electron chi connectivity index (χ3n) is 4.52. The Balaban J connectivity index is 2.60. The van der Waals surface area contributed by atoms with Crippen molar-refractivity contribution < 1.29 is 0 Å². The summed E-state index contributed by atoms with van der Waals surface area (Å²) in [5.41, 5.74) is 0.501. The molecule has 1 aliphatic rings. The van der Waals surface area contributed by atoms with Crippen LogP contribution in [0.4, 0.5) is 0 Å². The fraction of sp³-hybridized carbons (Fsp3) is 1.00. The van der Waals surface area contributed by atoms with Crippen molar-refractivity contribution in [3.05, 3.63) is 0 Å². The smallest absolute Gasteiger partial charge is 0.0180 e. The second kappa shape index (κ2) is 7.01. The maximum absolute atomic E-state index is 3.56. The molecule has 0 aromatic rings. The fourth-order valence-corrected chi connectivity index (χ4v) is 3.82. The summed E-state index contributed by atoms with van der Waals surface area (Å²) < 4.78 is 0. The lowest BCUT2D eigenvalue weighted by molar-refractivity contribution is 0.111. The Kier molecular flexibility index (Phi) is 6.32. The topological polar surface area (TPSA) is 15.3 Å². The van der Waals surface area contributed by atoms with Crippen LogP contribution < -0.4 is 5.32 Å². The predicted molar refractivity (Wildman–Crippen MR) is 79.8 cm³/mol. The quantitative estimate of drug-likeness (QED) is 0.756. The van der Waals surface area contributed by atoms with E-state index in [1.54, 1.807) is 0 Å². The number of nitrogens with zero attached hydrogens (tertiary/aromatic N) is 1. The Morgan fingerprint density at radius 1 is 1.41 bits per heavy atom. The highest BCUT2D eigenvalue weighted by Crippen LogP contribution is 2.35. The lowest BCUT2D eigenvalue weighted by Crippen LogP contribution is -2.45. The van der Waals surface area contributed by atoms with Gasteiger partial charge in [0, 0.05) is 24.9 Å². The minimum atomic E-state index is 0.501. The van der Waals surface area contributed by atoms with E-state index in [0.29, 0.717) is 5.41 Å². The zero-order valence-corrected chi connectivity index (χ0v) is 13.1. The van der Waals surface area contributed by atoms with E-state index in [9.17, 15) is 0 Å². The number of hydrogen-bond donors (Lipinski definition) is 1. The first kappa shape index (κ1) is 15.3. The van der Waals surface area contributed by atoms with Gasteiger partial charge in [-0.15, -0.1) is 0 Å². The zero-order chi connectivity index (χ0) is 12.9. The summed E-state index contributed by atoms with van der Waals surface area (Å²) in [5.74, 6) is 2.03. The molecule has 1 heterocycles. The molecular formula is C14H30N2S. The summed E-state index contributed by atoms with van der Waals surface area (Å²) in [6.07, 6.45) is 4.81. The molecule has 2 nitrogen and oxygen atoms in total. The van der Waals surface area contributed by atoms with Crippen LogP contribution in [-0.4, -0.2) is 49.6 Å². The molecular weight excluding hydrogens is 228 g/mol. The monoisotopic (exact) mass is 258 g/mol. The summed E-state index contributed by atoms with van der Waals surface area (Å²) in [7, 11) is 2.31. The van der Waals surface area contributed by atoms with Gasteiger partial charge in [-0.25, -0.2) is 0 Å². The number of rotatable bonds is 7. The Hall–Kier alpha value is 0.270. The van der Waals surface area contributed by atoms with Crippen molar-refractivity contribution in [3.63, 3.8) is 0 Å². The highest BCUT2D eigenvalue weighted by molar-refractivity contribution is 7.98. The molecule has 1 fully saturated rings. The van der Waals surface area contributed by atoms with Crippen molar-refractivity contribution in [1.82, 2.24) is 10.2 Å². The Labute approximate surface area is 112 Å². The van der Waals surface area contributed by atoms with Crippen molar-refractivity contribution in [2.24, 2.45) is 11.3 Å². The molecule has 0 aliphatic carbocycles. The first-order chi connectivity index (χ1) is 8.05. The van der Waals surface area contributed by atoms with Gasteiger partial charge in [0.2, 0.25) is 0 Å². The molecule has 1 N–H and O–H groups in total. The van der Waals surface area contributed by atoms with E-state index in [-0.39, 0.29) is 0 Å². The standard InChI is InChI=1S/C14H30N2S/c1-6-13(9-17-5)16(4)11-14(12(2)3)7-8-15-10-14/h12-13,15H,6-11H2,1-5H3. The molecule has 0 spiro atoms. The van der Waals surface area contributed by atoms with E-state index in [1.807, 2.05) is 11.8 Å². The van der Waals surface area contributed by atoms with Gasteiger partial charge in [0.25, 0.3) is 0 Å². The SMILES string of the molecule is CCC(CSC)N(C)CC1(C(C)C)CCNC1. The minimum Gasteiger partial charge on any atom is -0.316 e. The minimum absolute atomic E-state index is 0.501. The highest BCUT2D eigenvalue weighted by atomic mass is 32.2. The molecule has 0 radical (unpaired) electrons. The normalized spacial score (nSPS) is 27.0. The van der Waals surface area contributed by atoms with E-state index in [4.69, 9.17) is 0 Å². The molecule has 102 valence electrons. The number of nitrogens with one attached hydrogen (secondary N) is 1. The first-order valence-electron chi connectivity index (χ1n) is 6.95. The average Bonchev–Trinajstić information content (AvgIpc) is 2.75. The molecule has 2 atom stereocenters. The van der Waals surface area contributed by atoms with Crippen LogP contribution in [0.5, 0.6) is 0 Å². The summed E-state index contributed by atoms with van der Waals surface area (Å²) in [4.78, 5) is 2.60. The van der Waals surface area contributed by atoms with Crippen molar-refractivity contribution in [1.29, 1.82) is 0 Å². The van der Waals surface area contributed by atoms with Gasteiger partial charge < -0.3 is 10.2 Å². The molecule has 3 heteroatoms. The lowest BCUT2D eigenvalue weighted by Gasteiger charge is -2.39. The third kappa shape index (κ3) is 3.87. The van der Waals surface area contributed by atoms with E-state index in [2.05, 4.69) is 44.3 Å². The molecule has 0 aromatic carbocycles. The van der Waals surface area contributed by atoms with Crippen molar-refractivity contribution in [2.45, 2.75) is 39.7 Å². The Morgan fingerprint density at radius 2 is 2.12 bits per heavy atom. The van der Waals surface area contributed by atoms with Crippen LogP contribution in [0.3, 0.4) is 0 Å². The molecule has 2 unspecified atom stereocenters. The van der Waals surface area contributed by atoms with Crippen LogP contribution in [0.1, 0.15) is 33.6 Å². The van der Waals surface area contributed by atoms with E-state index >= 15 is 0 Å². The van der Waals surface area contributed by atoms with E-state index < -0.39 is 0 Å². The molecule has 1 rings (SSSR count). The third-order valence-corrected chi connectivity index (χ3v) is 5.24. The Bertz CT molecular complexity index is 212. The fourth-order valence-electron chi connectivity index (χ4n) is 2.95. The average molecular weight is 258 g/mol. The van der Waals surface area contributed by atoms with Crippen LogP contribution in [0.2, 0.25) is 0 Å². The van der Waals surface area contributed by atoms with Crippen molar-refractivity contribution in [2.75, 3.05) is 38.7 Å². The van der Waals surface area contributed by atoms with Crippen LogP contribution in [-0.2, 0) is 0 Å². The van der Waals surface area contributed by atoms with Gasteiger partial charge in [-0.3, -0.25) is 0 Å². The molecule has 0 bridgehead atoms. The lowest BCUT2D eigenvalue weighted by atomic mass is 9.76. The van der Waals surface area contributed by atoms with Crippen molar-refractivity contribution in [3.8, 4) is 0 Å². The Morgan fingerprint density at radius 3 is 2.53 bits per heavy atom. The molecule has 0 amide bonds. The molecule has 0 aromatic heterocycles. The zero-order valence-electron chi connectivity index (χ0n) is 12.3. The number of hydrogen-bond acceptors (Lipinski definition) is 3. The second-order valence-corrected chi connectivity index (χ2v) is 6.79. The second-order valence-electron chi connectivity index (χ2n) is 5.88. The largest absolute Gasteiger partial charge is 0.316 e. The molecule has 1 aliphatic heterocycles. The summed E-state index contributed by atoms with van der Waals surface area (Å²) >= 11 is 1.97. The van der Waals surface area contributed by atoms with Gasteiger partial charge in [-0.2, -0.15) is 11.8 Å². The van der Waals surface area contributed by atoms with Gasteiger partial charge in [0.1, 0.15) is 0 Å². The highest BCUT2D eigenvalue weighted by Gasteiger charge is 2.38. The van der Waals surface area contributed by atoms with E-state index in [0.717, 1.165) is 12.0 Å². The van der Waals surface area contributed by atoms with Gasteiger partial charge in [0.15, 0.2) is 0 Å². The van der Waals surface area contributed by atoms with Gasteiger partial charge in [-0.05, 0) is 44.0 Å². The van der Waals surface area contributed by atoms with Gasteiger partial charge in [-0.1, -0.05) is 20.8 Å². The van der Waals surface area contributed by atoms with Crippen molar-refractivity contribution >= 4 is 11.8 Å². The predicted octanol–water partition coefficient (Wildman–Crippen LogP) is 2.70. The maximum atomic E-state index is 3.56. The molecule has 17 heavy (non-hydrogen) atoms. The van der Waals surface area contributed by atoms with Gasteiger partial charge >= 0.3 is 0 Å².